The highest BCUT2D eigenvalue weighted by Crippen LogP contribution is 2.34. The van der Waals surface area contributed by atoms with Crippen molar-refractivity contribution in [2.75, 3.05) is 6.61 Å². The molecule has 0 bridgehead atoms. The summed E-state index contributed by atoms with van der Waals surface area (Å²) in [7, 11) is 0. The lowest BCUT2D eigenvalue weighted by Gasteiger charge is -2.26. The molecular formula is C14H16Cl6O5. The van der Waals surface area contributed by atoms with Gasteiger partial charge in [-0.15, -0.1) is 0 Å². The van der Waals surface area contributed by atoms with Gasteiger partial charge in [0.25, 0.3) is 0 Å². The van der Waals surface area contributed by atoms with Crippen molar-refractivity contribution in [3.8, 4) is 5.75 Å². The molecule has 5 nitrogen and oxygen atoms in total. The molecule has 3 atom stereocenters. The summed E-state index contributed by atoms with van der Waals surface area (Å²) < 4.78 is 1.53. The number of ether oxygens (including phenoxy) is 1. The quantitative estimate of drug-likeness (QED) is 0.250. The van der Waals surface area contributed by atoms with Crippen LogP contribution in [-0.2, 0) is 9.78 Å². The molecule has 1 rings (SSSR count). The van der Waals surface area contributed by atoms with Crippen LogP contribution in [0.4, 0.5) is 0 Å². The first kappa shape index (κ1) is 23.6. The molecule has 0 aliphatic carbocycles. The molecular weight excluding hydrogens is 461 g/mol. The minimum absolute atomic E-state index is 0.0881. The molecule has 144 valence electrons. The van der Waals surface area contributed by atoms with E-state index >= 15 is 0 Å². The third-order valence-electron chi connectivity index (χ3n) is 2.95. The molecule has 0 aromatic heterocycles. The second kappa shape index (κ2) is 10.2. The second-order valence-corrected chi connectivity index (χ2v) is 9.82. The molecule has 0 saturated carbocycles. The standard InChI is InChI=1S/C14H16Cl6O5/c1-8-4-2-3-5-10(8)23-7-9(6-11(21)13(15,16)17)24-25-12(22)14(18,19)20/h2-5,9,11-12,21-22H,6-7H2,1H3. The summed E-state index contributed by atoms with van der Waals surface area (Å²) in [6.07, 6.45) is -4.39. The maximum atomic E-state index is 9.91. The van der Waals surface area contributed by atoms with Gasteiger partial charge in [-0.1, -0.05) is 87.8 Å². The Kier molecular flexibility index (Phi) is 9.67. The van der Waals surface area contributed by atoms with Crippen molar-refractivity contribution in [1.29, 1.82) is 0 Å². The van der Waals surface area contributed by atoms with Gasteiger partial charge in [-0.25, -0.2) is 4.89 Å². The summed E-state index contributed by atoms with van der Waals surface area (Å²) in [6.45, 7) is 1.76. The van der Waals surface area contributed by atoms with E-state index in [4.69, 9.17) is 79.2 Å². The van der Waals surface area contributed by atoms with E-state index in [1.165, 1.54) is 0 Å². The maximum Gasteiger partial charge on any atom is 0.243 e. The Morgan fingerprint density at radius 3 is 2.08 bits per heavy atom. The van der Waals surface area contributed by atoms with Crippen molar-refractivity contribution >= 4 is 69.6 Å². The number of aryl methyl sites for hydroxylation is 1. The zero-order valence-electron chi connectivity index (χ0n) is 12.8. The normalized spacial score (nSPS) is 16.4. The van der Waals surface area contributed by atoms with Crippen LogP contribution < -0.4 is 4.74 Å². The summed E-state index contributed by atoms with van der Waals surface area (Å²) in [6, 6.07) is 7.24. The molecule has 0 radical (unpaired) electrons. The first-order valence-electron chi connectivity index (χ1n) is 6.91. The molecule has 3 unspecified atom stereocenters. The van der Waals surface area contributed by atoms with E-state index in [1.54, 1.807) is 12.1 Å². The van der Waals surface area contributed by atoms with E-state index in [-0.39, 0.29) is 13.0 Å². The Morgan fingerprint density at radius 1 is 0.960 bits per heavy atom. The Bertz CT molecular complexity index is 533. The molecule has 0 heterocycles. The van der Waals surface area contributed by atoms with Crippen molar-refractivity contribution in [2.45, 2.75) is 39.4 Å². The SMILES string of the molecule is Cc1ccccc1OCC(CC(O)C(Cl)(Cl)Cl)OOC(O)C(Cl)(Cl)Cl. The van der Waals surface area contributed by atoms with Gasteiger partial charge in [0.2, 0.25) is 13.9 Å². The predicted octanol–water partition coefficient (Wildman–Crippen LogP) is 4.50. The Labute approximate surface area is 175 Å². The van der Waals surface area contributed by atoms with Gasteiger partial charge in [-0.3, -0.25) is 0 Å². The van der Waals surface area contributed by atoms with Crippen molar-refractivity contribution in [2.24, 2.45) is 0 Å². The molecule has 11 heteroatoms. The molecule has 0 saturated heterocycles. The van der Waals surface area contributed by atoms with Gasteiger partial charge in [0.05, 0.1) is 0 Å². The lowest BCUT2D eigenvalue weighted by molar-refractivity contribution is -0.393. The Hall–Kier alpha value is 0.600. The highest BCUT2D eigenvalue weighted by Gasteiger charge is 2.36. The van der Waals surface area contributed by atoms with E-state index in [2.05, 4.69) is 4.89 Å². The fourth-order valence-electron chi connectivity index (χ4n) is 1.60. The highest BCUT2D eigenvalue weighted by molar-refractivity contribution is 6.68. The van der Waals surface area contributed by atoms with E-state index < -0.39 is 26.1 Å². The third kappa shape index (κ3) is 8.89. The zero-order chi connectivity index (χ0) is 19.3. The van der Waals surface area contributed by atoms with E-state index in [0.717, 1.165) is 5.56 Å². The van der Waals surface area contributed by atoms with Crippen LogP contribution in [0, 0.1) is 6.92 Å². The van der Waals surface area contributed by atoms with Crippen LogP contribution in [0.25, 0.3) is 0 Å². The van der Waals surface area contributed by atoms with Crippen LogP contribution in [0.2, 0.25) is 0 Å². The number of alkyl halides is 6. The van der Waals surface area contributed by atoms with Crippen molar-refractivity contribution in [1.82, 2.24) is 0 Å². The fraction of sp³-hybridized carbons (Fsp3) is 0.571. The van der Waals surface area contributed by atoms with E-state index in [1.807, 2.05) is 19.1 Å². The second-order valence-electron chi connectivity index (χ2n) is 5.08. The highest BCUT2D eigenvalue weighted by atomic mass is 35.6. The molecule has 0 amide bonds. The van der Waals surface area contributed by atoms with Crippen molar-refractivity contribution in [3.05, 3.63) is 29.8 Å². The topological polar surface area (TPSA) is 68.2 Å². The fourth-order valence-corrected chi connectivity index (χ4v) is 1.98. The summed E-state index contributed by atoms with van der Waals surface area (Å²) in [4.78, 5) is 9.63. The van der Waals surface area contributed by atoms with Gasteiger partial charge in [0, 0.05) is 6.42 Å². The third-order valence-corrected chi connectivity index (χ3v) is 4.26. The minimum atomic E-state index is -2.13. The Balaban J connectivity index is 2.72. The van der Waals surface area contributed by atoms with Gasteiger partial charge < -0.3 is 14.9 Å². The Morgan fingerprint density at radius 2 is 1.56 bits per heavy atom. The van der Waals surface area contributed by atoms with Crippen LogP contribution >= 0.6 is 69.6 Å². The predicted molar refractivity (Wildman–Crippen MR) is 99.8 cm³/mol. The van der Waals surface area contributed by atoms with E-state index in [0.29, 0.717) is 5.75 Å². The summed E-state index contributed by atoms with van der Waals surface area (Å²) >= 11 is 33.3. The maximum absolute atomic E-state index is 9.91. The number of halogens is 6. The van der Waals surface area contributed by atoms with Gasteiger partial charge in [0.15, 0.2) is 0 Å². The molecule has 0 aliphatic heterocycles. The number of rotatable bonds is 8. The largest absolute Gasteiger partial charge is 0.490 e. The minimum Gasteiger partial charge on any atom is -0.490 e. The van der Waals surface area contributed by atoms with Crippen LogP contribution in [0.5, 0.6) is 5.75 Å². The molecule has 25 heavy (non-hydrogen) atoms. The van der Waals surface area contributed by atoms with Crippen LogP contribution in [0.3, 0.4) is 0 Å². The molecule has 1 aromatic rings. The monoisotopic (exact) mass is 474 g/mol. The molecule has 2 N–H and O–H groups in total. The number of para-hydroxylation sites is 1. The van der Waals surface area contributed by atoms with Gasteiger partial charge in [-0.05, 0) is 18.6 Å². The van der Waals surface area contributed by atoms with Gasteiger partial charge in [-0.2, -0.15) is 4.89 Å². The van der Waals surface area contributed by atoms with Crippen LogP contribution in [0.15, 0.2) is 24.3 Å². The smallest absolute Gasteiger partial charge is 0.243 e. The van der Waals surface area contributed by atoms with Crippen molar-refractivity contribution in [3.63, 3.8) is 0 Å². The number of hydrogen-bond donors (Lipinski definition) is 2. The number of benzene rings is 1. The first-order chi connectivity index (χ1) is 11.4. The molecule has 0 aliphatic rings. The first-order valence-corrected chi connectivity index (χ1v) is 9.18. The summed E-state index contributed by atoms with van der Waals surface area (Å²) in [5.74, 6) is 0.585. The van der Waals surface area contributed by atoms with E-state index in [9.17, 15) is 10.2 Å². The summed E-state index contributed by atoms with van der Waals surface area (Å²) in [5.41, 5.74) is 0.880. The molecule has 1 aromatic carbocycles. The zero-order valence-corrected chi connectivity index (χ0v) is 17.4. The lowest BCUT2D eigenvalue weighted by Crippen LogP contribution is -2.36. The van der Waals surface area contributed by atoms with Gasteiger partial charge >= 0.3 is 0 Å². The molecule has 0 spiro atoms. The van der Waals surface area contributed by atoms with Crippen LogP contribution in [0.1, 0.15) is 12.0 Å². The lowest BCUT2D eigenvalue weighted by atomic mass is 10.2. The van der Waals surface area contributed by atoms with Crippen LogP contribution in [-0.4, -0.2) is 42.9 Å². The number of aliphatic hydroxyl groups is 2. The number of aliphatic hydroxyl groups excluding tert-OH is 2. The average molecular weight is 477 g/mol. The van der Waals surface area contributed by atoms with Crippen molar-refractivity contribution < 1.29 is 24.7 Å². The van der Waals surface area contributed by atoms with Gasteiger partial charge in [0.1, 0.15) is 24.6 Å². The molecule has 0 fully saturated rings. The average Bonchev–Trinajstić information content (AvgIpc) is 2.48. The number of hydrogen-bond acceptors (Lipinski definition) is 5. The summed E-state index contributed by atoms with van der Waals surface area (Å²) in [5, 5.41) is 19.4.